The number of nitrogens with zero attached hydrogens (tertiary/aromatic N) is 3. The normalized spacial score (nSPS) is 15.3. The van der Waals surface area contributed by atoms with Gasteiger partial charge in [-0.3, -0.25) is 9.69 Å². The first-order valence-electron chi connectivity index (χ1n) is 12.2. The lowest BCUT2D eigenvalue weighted by atomic mass is 10.1. The molecule has 1 fully saturated rings. The van der Waals surface area contributed by atoms with Crippen molar-refractivity contribution in [1.29, 1.82) is 5.26 Å². The number of nitriles is 1. The fourth-order valence-electron chi connectivity index (χ4n) is 3.88. The molecular weight excluding hydrogens is 482 g/mol. The topological polar surface area (TPSA) is 74.9 Å². The van der Waals surface area contributed by atoms with Crippen LogP contribution in [-0.4, -0.2) is 29.1 Å². The minimum atomic E-state index is -0.0667. The Labute approximate surface area is 222 Å². The predicted octanol–water partition coefficient (Wildman–Crippen LogP) is 6.78. The number of amides is 1. The molecule has 1 aliphatic heterocycles. The molecule has 7 heteroatoms. The molecule has 3 aromatic carbocycles. The molecule has 1 amide bonds. The van der Waals surface area contributed by atoms with Crippen molar-refractivity contribution in [2.24, 2.45) is 4.99 Å². The third-order valence-electron chi connectivity index (χ3n) is 5.87. The van der Waals surface area contributed by atoms with Gasteiger partial charge in [-0.2, -0.15) is 5.26 Å². The largest absolute Gasteiger partial charge is 0.490 e. The summed E-state index contributed by atoms with van der Waals surface area (Å²) in [5, 5.41) is 10.0. The number of aryl methyl sites for hydroxylation is 2. The monoisotopic (exact) mass is 511 g/mol. The van der Waals surface area contributed by atoms with Crippen molar-refractivity contribution in [1.82, 2.24) is 4.90 Å². The standard InChI is InChI=1S/C30H29N3O3S/c1-5-33-29(34)28(37-30(33)32-25-15-20(3)11-12-21(25)4)17-22-13-14-26(27(16-22)35-6-2)36-19-24-10-8-7-9-23(24)18-31/h7-17H,5-6,19H2,1-4H3/b28-17+,32-30?. The number of benzene rings is 3. The van der Waals surface area contributed by atoms with Crippen molar-refractivity contribution in [2.45, 2.75) is 34.3 Å². The zero-order valence-corrected chi connectivity index (χ0v) is 22.3. The Morgan fingerprint density at radius 2 is 1.84 bits per heavy atom. The molecule has 0 aromatic heterocycles. The zero-order chi connectivity index (χ0) is 26.4. The van der Waals surface area contributed by atoms with Gasteiger partial charge in [0.15, 0.2) is 16.7 Å². The first-order valence-corrected chi connectivity index (χ1v) is 13.0. The summed E-state index contributed by atoms with van der Waals surface area (Å²) in [5.74, 6) is 1.09. The molecule has 0 atom stereocenters. The number of ether oxygens (including phenoxy) is 2. The van der Waals surface area contributed by atoms with Gasteiger partial charge in [-0.1, -0.05) is 36.4 Å². The molecule has 0 spiro atoms. The maximum Gasteiger partial charge on any atom is 0.266 e. The van der Waals surface area contributed by atoms with Gasteiger partial charge in [0.1, 0.15) is 6.61 Å². The van der Waals surface area contributed by atoms with E-state index in [1.165, 1.54) is 11.8 Å². The highest BCUT2D eigenvalue weighted by Gasteiger charge is 2.32. The number of carbonyl (C=O) groups is 1. The lowest BCUT2D eigenvalue weighted by Gasteiger charge is -2.13. The highest BCUT2D eigenvalue weighted by molar-refractivity contribution is 8.18. The smallest absolute Gasteiger partial charge is 0.266 e. The predicted molar refractivity (Wildman–Crippen MR) is 149 cm³/mol. The van der Waals surface area contributed by atoms with Crippen molar-refractivity contribution in [3.05, 3.63) is 93.4 Å². The molecule has 0 radical (unpaired) electrons. The second kappa shape index (κ2) is 11.8. The number of carbonyl (C=O) groups excluding carboxylic acids is 1. The van der Waals surface area contributed by atoms with Gasteiger partial charge in [-0.05, 0) is 86.5 Å². The molecule has 0 N–H and O–H groups in total. The Morgan fingerprint density at radius 3 is 2.59 bits per heavy atom. The Kier molecular flexibility index (Phi) is 8.32. The average molecular weight is 512 g/mol. The molecule has 0 unspecified atom stereocenters. The summed E-state index contributed by atoms with van der Waals surface area (Å²) in [6.45, 7) is 9.16. The Bertz CT molecular complexity index is 1420. The molecule has 1 heterocycles. The maximum atomic E-state index is 13.2. The van der Waals surface area contributed by atoms with E-state index < -0.39 is 0 Å². The van der Waals surface area contributed by atoms with Gasteiger partial charge in [0.25, 0.3) is 5.91 Å². The molecule has 0 bridgehead atoms. The van der Waals surface area contributed by atoms with Crippen molar-refractivity contribution in [3.8, 4) is 17.6 Å². The van der Waals surface area contributed by atoms with Gasteiger partial charge in [0.05, 0.1) is 28.8 Å². The summed E-state index contributed by atoms with van der Waals surface area (Å²) in [6, 6.07) is 21.3. The van der Waals surface area contributed by atoms with E-state index in [1.807, 2.05) is 82.3 Å². The third kappa shape index (κ3) is 6.04. The number of hydrogen-bond acceptors (Lipinski definition) is 6. The lowest BCUT2D eigenvalue weighted by Crippen LogP contribution is -2.28. The quantitative estimate of drug-likeness (QED) is 0.312. The summed E-state index contributed by atoms with van der Waals surface area (Å²) < 4.78 is 11.8. The summed E-state index contributed by atoms with van der Waals surface area (Å²) >= 11 is 1.38. The fourth-order valence-corrected chi connectivity index (χ4v) is 4.93. The second-order valence-corrected chi connectivity index (χ2v) is 9.55. The summed E-state index contributed by atoms with van der Waals surface area (Å²) in [4.78, 5) is 20.3. The number of likely N-dealkylation sites (N-methyl/N-ethyl adjacent to an activating group) is 1. The van der Waals surface area contributed by atoms with Crippen molar-refractivity contribution in [2.75, 3.05) is 13.2 Å². The first kappa shape index (κ1) is 26.1. The second-order valence-electron chi connectivity index (χ2n) is 8.54. The van der Waals surface area contributed by atoms with Crippen LogP contribution in [0.4, 0.5) is 5.69 Å². The van der Waals surface area contributed by atoms with Crippen LogP contribution < -0.4 is 9.47 Å². The molecule has 1 saturated heterocycles. The maximum absolute atomic E-state index is 13.2. The van der Waals surface area contributed by atoms with Crippen LogP contribution in [0.3, 0.4) is 0 Å². The van der Waals surface area contributed by atoms with Crippen molar-refractivity contribution in [3.63, 3.8) is 0 Å². The van der Waals surface area contributed by atoms with Crippen LogP contribution in [0.1, 0.15) is 41.7 Å². The summed E-state index contributed by atoms with van der Waals surface area (Å²) in [6.07, 6.45) is 1.86. The van der Waals surface area contributed by atoms with Crippen LogP contribution >= 0.6 is 11.8 Å². The van der Waals surface area contributed by atoms with Crippen molar-refractivity contribution < 1.29 is 14.3 Å². The molecule has 0 aliphatic carbocycles. The average Bonchev–Trinajstić information content (AvgIpc) is 3.19. The van der Waals surface area contributed by atoms with Crippen LogP contribution in [0.15, 0.2) is 70.6 Å². The lowest BCUT2D eigenvalue weighted by molar-refractivity contribution is -0.122. The molecule has 4 rings (SSSR count). The van der Waals surface area contributed by atoms with Crippen molar-refractivity contribution >= 4 is 34.6 Å². The van der Waals surface area contributed by atoms with Crippen LogP contribution in [-0.2, 0) is 11.4 Å². The molecular formula is C30H29N3O3S. The van der Waals surface area contributed by atoms with E-state index in [4.69, 9.17) is 14.5 Å². The van der Waals surface area contributed by atoms with Crippen LogP contribution in [0.2, 0.25) is 0 Å². The van der Waals surface area contributed by atoms with E-state index >= 15 is 0 Å². The SMILES string of the molecule is CCOc1cc(/C=C2/SC(=Nc3cc(C)ccc3C)N(CC)C2=O)ccc1OCc1ccccc1C#N. The van der Waals surface area contributed by atoms with Gasteiger partial charge >= 0.3 is 0 Å². The number of aliphatic imine (C=N–C) groups is 1. The van der Waals surface area contributed by atoms with E-state index in [0.717, 1.165) is 27.9 Å². The van der Waals surface area contributed by atoms with Crippen LogP contribution in [0.25, 0.3) is 6.08 Å². The van der Waals surface area contributed by atoms with Gasteiger partial charge < -0.3 is 9.47 Å². The Morgan fingerprint density at radius 1 is 1.03 bits per heavy atom. The van der Waals surface area contributed by atoms with E-state index in [9.17, 15) is 10.1 Å². The van der Waals surface area contributed by atoms with Gasteiger partial charge in [-0.15, -0.1) is 0 Å². The highest BCUT2D eigenvalue weighted by atomic mass is 32.2. The fraction of sp³-hybridized carbons (Fsp3) is 0.233. The summed E-state index contributed by atoms with van der Waals surface area (Å²) in [7, 11) is 0. The Balaban J connectivity index is 1.59. The van der Waals surface area contributed by atoms with Crippen LogP contribution in [0.5, 0.6) is 11.5 Å². The van der Waals surface area contributed by atoms with E-state index in [2.05, 4.69) is 12.1 Å². The third-order valence-corrected chi connectivity index (χ3v) is 6.88. The molecule has 3 aromatic rings. The minimum absolute atomic E-state index is 0.0667. The first-order chi connectivity index (χ1) is 17.9. The van der Waals surface area contributed by atoms with Gasteiger partial charge in [-0.25, -0.2) is 4.99 Å². The molecule has 0 saturated carbocycles. The number of rotatable bonds is 8. The zero-order valence-electron chi connectivity index (χ0n) is 21.4. The van der Waals surface area contributed by atoms with E-state index in [1.54, 1.807) is 11.0 Å². The number of hydrogen-bond donors (Lipinski definition) is 0. The number of thioether (sulfide) groups is 1. The molecule has 6 nitrogen and oxygen atoms in total. The molecule has 37 heavy (non-hydrogen) atoms. The van der Waals surface area contributed by atoms with Gasteiger partial charge in [0, 0.05) is 12.1 Å². The molecule has 188 valence electrons. The molecule has 1 aliphatic rings. The highest BCUT2D eigenvalue weighted by Crippen LogP contribution is 2.36. The van der Waals surface area contributed by atoms with Gasteiger partial charge in [0.2, 0.25) is 0 Å². The van der Waals surface area contributed by atoms with Crippen LogP contribution in [0, 0.1) is 25.2 Å². The number of amidine groups is 1. The van der Waals surface area contributed by atoms with E-state index in [-0.39, 0.29) is 12.5 Å². The summed E-state index contributed by atoms with van der Waals surface area (Å²) in [5.41, 5.74) is 5.27. The Hall–Kier alpha value is -4.02. The van der Waals surface area contributed by atoms with E-state index in [0.29, 0.717) is 40.3 Å². The minimum Gasteiger partial charge on any atom is -0.490 e.